The fraction of sp³-hybridized carbons (Fsp3) is 0.0417. The monoisotopic (exact) mass is 334 g/mol. The van der Waals surface area contributed by atoms with Gasteiger partial charge in [0.25, 0.3) is 0 Å². The molecule has 2 nitrogen and oxygen atoms in total. The van der Waals surface area contributed by atoms with Crippen molar-refractivity contribution in [2.24, 2.45) is 7.05 Å². The summed E-state index contributed by atoms with van der Waals surface area (Å²) in [6.45, 7) is 0. The highest BCUT2D eigenvalue weighted by molar-refractivity contribution is 6.08. The third-order valence-electron chi connectivity index (χ3n) is 5.03. The van der Waals surface area contributed by atoms with Crippen LogP contribution in [0.4, 0.5) is 0 Å². The largest absolute Gasteiger partial charge is 0.344 e. The lowest BCUT2D eigenvalue weighted by atomic mass is 10.1. The number of nitrogens with zero attached hydrogens (tertiary/aromatic N) is 2. The zero-order chi connectivity index (χ0) is 17.5. The maximum absolute atomic E-state index is 4.89. The Bertz CT molecular complexity index is 1230. The van der Waals surface area contributed by atoms with Gasteiger partial charge in [0.2, 0.25) is 0 Å². The first kappa shape index (κ1) is 14.9. The van der Waals surface area contributed by atoms with Gasteiger partial charge in [-0.3, -0.25) is 0 Å². The molecule has 0 N–H and O–H groups in total. The Morgan fingerprint density at radius 3 is 2.12 bits per heavy atom. The molecule has 26 heavy (non-hydrogen) atoms. The van der Waals surface area contributed by atoms with E-state index < -0.39 is 0 Å². The number of hydrogen-bond acceptors (Lipinski definition) is 1. The van der Waals surface area contributed by atoms with Crippen molar-refractivity contribution in [2.45, 2.75) is 0 Å². The van der Waals surface area contributed by atoms with Crippen LogP contribution in [0.2, 0.25) is 0 Å². The number of pyridine rings is 1. The fourth-order valence-corrected chi connectivity index (χ4v) is 3.69. The van der Waals surface area contributed by atoms with E-state index in [4.69, 9.17) is 4.98 Å². The number of fused-ring (bicyclic) bond motifs is 3. The summed E-state index contributed by atoms with van der Waals surface area (Å²) in [6, 6.07) is 31.7. The molecule has 0 saturated heterocycles. The van der Waals surface area contributed by atoms with E-state index in [1.54, 1.807) is 0 Å². The zero-order valence-electron chi connectivity index (χ0n) is 14.6. The average Bonchev–Trinajstić information content (AvgIpc) is 3.01. The first-order valence-corrected chi connectivity index (χ1v) is 8.81. The van der Waals surface area contributed by atoms with Gasteiger partial charge in [0.1, 0.15) is 0 Å². The number of hydrogen-bond donors (Lipinski definition) is 0. The number of rotatable bonds is 2. The number of benzene rings is 3. The molecule has 0 aliphatic carbocycles. The minimum Gasteiger partial charge on any atom is -0.344 e. The quantitative estimate of drug-likeness (QED) is 0.383. The molecule has 2 heterocycles. The van der Waals surface area contributed by atoms with Crippen molar-refractivity contribution in [2.75, 3.05) is 0 Å². The van der Waals surface area contributed by atoms with Gasteiger partial charge in [-0.25, -0.2) is 4.98 Å². The molecule has 0 atom stereocenters. The van der Waals surface area contributed by atoms with Gasteiger partial charge in [0.05, 0.1) is 11.4 Å². The van der Waals surface area contributed by atoms with Crippen LogP contribution in [0.3, 0.4) is 0 Å². The molecule has 124 valence electrons. The molecule has 0 fully saturated rings. The summed E-state index contributed by atoms with van der Waals surface area (Å²) in [4.78, 5) is 4.89. The second kappa shape index (κ2) is 5.85. The van der Waals surface area contributed by atoms with Crippen molar-refractivity contribution in [1.82, 2.24) is 9.55 Å². The molecule has 0 bridgehead atoms. The van der Waals surface area contributed by atoms with Crippen LogP contribution >= 0.6 is 0 Å². The van der Waals surface area contributed by atoms with E-state index in [2.05, 4.69) is 84.4 Å². The van der Waals surface area contributed by atoms with E-state index >= 15 is 0 Å². The predicted octanol–water partition coefficient (Wildman–Crippen LogP) is 6.06. The molecule has 2 heteroatoms. The summed E-state index contributed by atoms with van der Waals surface area (Å²) in [5, 5.41) is 2.58. The Balaban J connectivity index is 1.68. The summed E-state index contributed by atoms with van der Waals surface area (Å²) in [5.41, 5.74) is 6.77. The lowest BCUT2D eigenvalue weighted by Gasteiger charge is -2.06. The lowest BCUT2D eigenvalue weighted by molar-refractivity contribution is 1.01. The van der Waals surface area contributed by atoms with E-state index in [-0.39, 0.29) is 0 Å². The minimum absolute atomic E-state index is 0.999. The highest BCUT2D eigenvalue weighted by atomic mass is 14.9. The molecule has 0 spiro atoms. The molecule has 5 rings (SSSR count). The van der Waals surface area contributed by atoms with E-state index in [0.717, 1.165) is 22.5 Å². The Hall–Kier alpha value is -3.39. The van der Waals surface area contributed by atoms with E-state index in [0.29, 0.717) is 0 Å². The van der Waals surface area contributed by atoms with Gasteiger partial charge in [-0.1, -0.05) is 66.7 Å². The normalized spacial score (nSPS) is 11.3. The van der Waals surface area contributed by atoms with Crippen LogP contribution < -0.4 is 0 Å². The molecule has 3 aromatic carbocycles. The van der Waals surface area contributed by atoms with Gasteiger partial charge in [-0.15, -0.1) is 0 Å². The maximum Gasteiger partial charge on any atom is 0.0710 e. The van der Waals surface area contributed by atoms with Crippen LogP contribution in [0.1, 0.15) is 0 Å². The SMILES string of the molecule is Cn1c2ccccc2c2ccc(-c3cccc(-c4ccccc4)n3)cc21. The fourth-order valence-electron chi connectivity index (χ4n) is 3.69. The number of aromatic nitrogens is 2. The number of para-hydroxylation sites is 1. The van der Waals surface area contributed by atoms with Gasteiger partial charge in [-0.05, 0) is 24.3 Å². The van der Waals surface area contributed by atoms with Crippen molar-refractivity contribution in [3.8, 4) is 22.5 Å². The molecule has 0 amide bonds. The van der Waals surface area contributed by atoms with Crippen molar-refractivity contribution in [3.05, 3.63) is 91.0 Å². The van der Waals surface area contributed by atoms with Crippen LogP contribution in [0.25, 0.3) is 44.3 Å². The highest BCUT2D eigenvalue weighted by Gasteiger charge is 2.10. The third kappa shape index (κ3) is 2.31. The van der Waals surface area contributed by atoms with Crippen LogP contribution in [0.15, 0.2) is 91.0 Å². The molecule has 0 aliphatic rings. The summed E-state index contributed by atoms with van der Waals surface area (Å²) in [6.07, 6.45) is 0. The summed E-state index contributed by atoms with van der Waals surface area (Å²) < 4.78 is 2.26. The molecule has 5 aromatic rings. The van der Waals surface area contributed by atoms with Crippen molar-refractivity contribution in [3.63, 3.8) is 0 Å². The van der Waals surface area contributed by atoms with Gasteiger partial charge >= 0.3 is 0 Å². The second-order valence-electron chi connectivity index (χ2n) is 6.58. The van der Waals surface area contributed by atoms with Crippen molar-refractivity contribution >= 4 is 21.8 Å². The molecular formula is C24H18N2. The predicted molar refractivity (Wildman–Crippen MR) is 109 cm³/mol. The first-order chi connectivity index (χ1) is 12.8. The standard InChI is InChI=1S/C24H18N2/c1-26-23-13-6-5-10-19(23)20-15-14-18(16-24(20)26)22-12-7-11-21(25-22)17-8-3-2-4-9-17/h2-16H,1H3. The van der Waals surface area contributed by atoms with Crippen LogP contribution in [0.5, 0.6) is 0 Å². The van der Waals surface area contributed by atoms with E-state index in [1.165, 1.54) is 21.8 Å². The molecule has 0 radical (unpaired) electrons. The summed E-state index contributed by atoms with van der Waals surface area (Å²) >= 11 is 0. The zero-order valence-corrected chi connectivity index (χ0v) is 14.6. The van der Waals surface area contributed by atoms with E-state index in [9.17, 15) is 0 Å². The van der Waals surface area contributed by atoms with Crippen LogP contribution in [-0.2, 0) is 7.05 Å². The average molecular weight is 334 g/mol. The van der Waals surface area contributed by atoms with Crippen molar-refractivity contribution < 1.29 is 0 Å². The smallest absolute Gasteiger partial charge is 0.0710 e. The van der Waals surface area contributed by atoms with Gasteiger partial charge in [0, 0.05) is 40.0 Å². The van der Waals surface area contributed by atoms with Crippen molar-refractivity contribution in [1.29, 1.82) is 0 Å². The van der Waals surface area contributed by atoms with Gasteiger partial charge < -0.3 is 4.57 Å². The lowest BCUT2D eigenvalue weighted by Crippen LogP contribution is -1.89. The van der Waals surface area contributed by atoms with Crippen LogP contribution in [-0.4, -0.2) is 9.55 Å². The summed E-state index contributed by atoms with van der Waals surface area (Å²) in [7, 11) is 2.13. The van der Waals surface area contributed by atoms with Gasteiger partial charge in [0.15, 0.2) is 0 Å². The third-order valence-corrected chi connectivity index (χ3v) is 5.03. The maximum atomic E-state index is 4.89. The van der Waals surface area contributed by atoms with Gasteiger partial charge in [-0.2, -0.15) is 0 Å². The Morgan fingerprint density at radius 1 is 0.577 bits per heavy atom. The highest BCUT2D eigenvalue weighted by Crippen LogP contribution is 2.31. The van der Waals surface area contributed by atoms with Crippen LogP contribution in [0, 0.1) is 0 Å². The molecule has 0 unspecified atom stereocenters. The first-order valence-electron chi connectivity index (χ1n) is 8.81. The second-order valence-corrected chi connectivity index (χ2v) is 6.58. The van der Waals surface area contributed by atoms with E-state index in [1.807, 2.05) is 18.2 Å². The molecule has 2 aromatic heterocycles. The molecule has 0 aliphatic heterocycles. The number of aryl methyl sites for hydroxylation is 1. The molecule has 0 saturated carbocycles. The summed E-state index contributed by atoms with van der Waals surface area (Å²) in [5.74, 6) is 0. The molecular weight excluding hydrogens is 316 g/mol. The Morgan fingerprint density at radius 2 is 1.27 bits per heavy atom. The topological polar surface area (TPSA) is 17.8 Å². The Kier molecular flexibility index (Phi) is 3.36. The Labute approximate surface area is 152 Å². The minimum atomic E-state index is 0.999.